The summed E-state index contributed by atoms with van der Waals surface area (Å²) in [4.78, 5) is 35.7. The highest BCUT2D eigenvalue weighted by atomic mass is 16.5. The van der Waals surface area contributed by atoms with E-state index in [1.807, 2.05) is 24.3 Å². The van der Waals surface area contributed by atoms with Gasteiger partial charge in [0.2, 0.25) is 5.91 Å². The number of alkyl carbamates (subject to hydrolysis) is 1. The number of ether oxygens (including phenoxy) is 1. The Balaban J connectivity index is 1.02. The molecule has 3 aliphatic rings. The molecule has 0 aromatic heterocycles. The summed E-state index contributed by atoms with van der Waals surface area (Å²) >= 11 is 0. The number of benzene rings is 2. The SMILES string of the molecule is O=C(O)CC1CCC(CNC(=O)[C@@H]2C[C@@H]2CNC(=O)OCC2c3ccccc3-c3ccccc32)C1. The van der Waals surface area contributed by atoms with Crippen LogP contribution in [0.5, 0.6) is 0 Å². The topological polar surface area (TPSA) is 105 Å². The molecule has 184 valence electrons. The Bertz CT molecular complexity index is 1070. The Morgan fingerprint density at radius 1 is 0.857 bits per heavy atom. The molecule has 2 unspecified atom stereocenters. The van der Waals surface area contributed by atoms with Gasteiger partial charge in [0.1, 0.15) is 6.61 Å². The van der Waals surface area contributed by atoms with E-state index >= 15 is 0 Å². The number of aliphatic carboxylic acids is 1. The second kappa shape index (κ2) is 10.1. The summed E-state index contributed by atoms with van der Waals surface area (Å²) < 4.78 is 5.57. The van der Waals surface area contributed by atoms with Gasteiger partial charge in [0.15, 0.2) is 0 Å². The quantitative estimate of drug-likeness (QED) is 0.504. The van der Waals surface area contributed by atoms with E-state index in [2.05, 4.69) is 34.9 Å². The minimum Gasteiger partial charge on any atom is -0.481 e. The van der Waals surface area contributed by atoms with Crippen molar-refractivity contribution >= 4 is 18.0 Å². The zero-order chi connectivity index (χ0) is 24.4. The van der Waals surface area contributed by atoms with Crippen molar-refractivity contribution in [3.8, 4) is 11.1 Å². The highest BCUT2D eigenvalue weighted by Crippen LogP contribution is 2.44. The molecule has 0 aliphatic heterocycles. The number of carboxylic acids is 1. The van der Waals surface area contributed by atoms with Crippen molar-refractivity contribution in [2.75, 3.05) is 19.7 Å². The zero-order valence-corrected chi connectivity index (χ0v) is 19.7. The van der Waals surface area contributed by atoms with E-state index in [9.17, 15) is 14.4 Å². The first kappa shape index (κ1) is 23.4. The third kappa shape index (κ3) is 5.34. The second-order valence-electron chi connectivity index (χ2n) is 10.2. The Hall–Kier alpha value is -3.35. The molecule has 35 heavy (non-hydrogen) atoms. The molecule has 2 fully saturated rings. The van der Waals surface area contributed by atoms with Crippen LogP contribution in [-0.4, -0.2) is 42.8 Å². The summed E-state index contributed by atoms with van der Waals surface area (Å²) in [5, 5.41) is 14.8. The van der Waals surface area contributed by atoms with Crippen molar-refractivity contribution in [1.82, 2.24) is 10.6 Å². The van der Waals surface area contributed by atoms with Crippen molar-refractivity contribution in [1.29, 1.82) is 0 Å². The summed E-state index contributed by atoms with van der Waals surface area (Å²) in [6.45, 7) is 1.32. The first-order valence-electron chi connectivity index (χ1n) is 12.6. The summed E-state index contributed by atoms with van der Waals surface area (Å²) in [7, 11) is 0. The van der Waals surface area contributed by atoms with E-state index in [4.69, 9.17) is 9.84 Å². The predicted molar refractivity (Wildman–Crippen MR) is 131 cm³/mol. The molecule has 2 aromatic rings. The smallest absolute Gasteiger partial charge is 0.407 e. The standard InChI is InChI=1S/C28H32N2O5/c31-26(32)12-17-9-10-18(11-17)14-29-27(33)24-13-19(24)15-30-28(34)35-16-25-22-7-3-1-5-20(22)21-6-2-4-8-23(21)25/h1-8,17-19,24-25H,9-16H2,(H,29,33)(H,30,34)(H,31,32)/t17?,18?,19-,24-/m1/s1. The molecule has 0 spiro atoms. The largest absolute Gasteiger partial charge is 0.481 e. The number of carboxylic acid groups (broad SMARTS) is 1. The lowest BCUT2D eigenvalue weighted by Gasteiger charge is -2.14. The summed E-state index contributed by atoms with van der Waals surface area (Å²) in [5.74, 6) is -0.0310. The van der Waals surface area contributed by atoms with Gasteiger partial charge in [0.05, 0.1) is 0 Å². The molecule has 0 bridgehead atoms. The van der Waals surface area contributed by atoms with Gasteiger partial charge in [-0.1, -0.05) is 48.5 Å². The van der Waals surface area contributed by atoms with Crippen molar-refractivity contribution in [2.45, 2.75) is 38.0 Å². The van der Waals surface area contributed by atoms with E-state index in [1.165, 1.54) is 22.3 Å². The monoisotopic (exact) mass is 476 g/mol. The molecule has 0 heterocycles. The first-order chi connectivity index (χ1) is 17.0. The van der Waals surface area contributed by atoms with Crippen LogP contribution >= 0.6 is 0 Å². The molecular weight excluding hydrogens is 444 g/mol. The summed E-state index contributed by atoms with van der Waals surface area (Å²) in [6.07, 6.45) is 3.29. The van der Waals surface area contributed by atoms with Gasteiger partial charge in [-0.15, -0.1) is 0 Å². The summed E-state index contributed by atoms with van der Waals surface area (Å²) in [5.41, 5.74) is 4.74. The molecule has 3 N–H and O–H groups in total. The molecule has 0 radical (unpaired) electrons. The number of nitrogens with one attached hydrogen (secondary N) is 2. The van der Waals surface area contributed by atoms with Crippen LogP contribution in [0.25, 0.3) is 11.1 Å². The van der Waals surface area contributed by atoms with Gasteiger partial charge >= 0.3 is 12.1 Å². The fourth-order valence-electron chi connectivity index (χ4n) is 5.83. The molecule has 5 rings (SSSR count). The number of hydrogen-bond acceptors (Lipinski definition) is 4. The number of carbonyl (C=O) groups is 3. The van der Waals surface area contributed by atoms with Crippen LogP contribution in [0.2, 0.25) is 0 Å². The highest BCUT2D eigenvalue weighted by Gasteiger charge is 2.43. The van der Waals surface area contributed by atoms with E-state index < -0.39 is 12.1 Å². The van der Waals surface area contributed by atoms with Crippen LogP contribution in [0.15, 0.2) is 48.5 Å². The molecule has 4 atom stereocenters. The van der Waals surface area contributed by atoms with Crippen molar-refractivity contribution < 1.29 is 24.2 Å². The Morgan fingerprint density at radius 3 is 2.20 bits per heavy atom. The molecule has 2 aromatic carbocycles. The van der Waals surface area contributed by atoms with Gasteiger partial charge in [-0.3, -0.25) is 9.59 Å². The molecular formula is C28H32N2O5. The van der Waals surface area contributed by atoms with Gasteiger partial charge in [0, 0.05) is 31.3 Å². The van der Waals surface area contributed by atoms with Crippen LogP contribution in [0, 0.1) is 23.7 Å². The maximum Gasteiger partial charge on any atom is 0.407 e. The molecule has 3 aliphatic carbocycles. The molecule has 2 amide bonds. The van der Waals surface area contributed by atoms with E-state index in [-0.39, 0.29) is 42.6 Å². The fraction of sp³-hybridized carbons (Fsp3) is 0.464. The van der Waals surface area contributed by atoms with Crippen LogP contribution < -0.4 is 10.6 Å². The third-order valence-electron chi connectivity index (χ3n) is 7.79. The minimum atomic E-state index is -0.746. The van der Waals surface area contributed by atoms with Crippen molar-refractivity contribution in [3.05, 3.63) is 59.7 Å². The van der Waals surface area contributed by atoms with Crippen LogP contribution in [0.1, 0.15) is 49.1 Å². The zero-order valence-electron chi connectivity index (χ0n) is 19.7. The molecule has 7 heteroatoms. The second-order valence-corrected chi connectivity index (χ2v) is 10.2. The van der Waals surface area contributed by atoms with Crippen molar-refractivity contribution in [3.63, 3.8) is 0 Å². The normalized spacial score (nSPS) is 24.3. The maximum atomic E-state index is 12.5. The number of carbonyl (C=O) groups excluding carboxylic acids is 2. The Morgan fingerprint density at radius 2 is 1.51 bits per heavy atom. The summed E-state index contributed by atoms with van der Waals surface area (Å²) in [6, 6.07) is 16.5. The molecule has 0 saturated heterocycles. The van der Waals surface area contributed by atoms with Crippen LogP contribution in [0.4, 0.5) is 4.79 Å². The lowest BCUT2D eigenvalue weighted by molar-refractivity contribution is -0.138. The average Bonchev–Trinajstić information content (AvgIpc) is 3.39. The van der Waals surface area contributed by atoms with Crippen LogP contribution in [-0.2, 0) is 14.3 Å². The number of rotatable bonds is 9. The Kier molecular flexibility index (Phi) is 6.75. The van der Waals surface area contributed by atoms with Crippen LogP contribution in [0.3, 0.4) is 0 Å². The number of amides is 2. The van der Waals surface area contributed by atoms with Gasteiger partial charge in [0.25, 0.3) is 0 Å². The molecule has 7 nitrogen and oxygen atoms in total. The lowest BCUT2D eigenvalue weighted by Crippen LogP contribution is -2.32. The van der Waals surface area contributed by atoms with Crippen molar-refractivity contribution in [2.24, 2.45) is 23.7 Å². The number of fused-ring (bicyclic) bond motifs is 3. The predicted octanol–water partition coefficient (Wildman–Crippen LogP) is 4.17. The average molecular weight is 477 g/mol. The minimum absolute atomic E-state index is 0.0262. The number of hydrogen-bond donors (Lipinski definition) is 3. The van der Waals surface area contributed by atoms with E-state index in [0.29, 0.717) is 19.0 Å². The van der Waals surface area contributed by atoms with Gasteiger partial charge in [-0.25, -0.2) is 4.79 Å². The van der Waals surface area contributed by atoms with E-state index in [1.54, 1.807) is 0 Å². The van der Waals surface area contributed by atoms with E-state index in [0.717, 1.165) is 25.7 Å². The maximum absolute atomic E-state index is 12.5. The fourth-order valence-corrected chi connectivity index (χ4v) is 5.83. The van der Waals surface area contributed by atoms with Gasteiger partial charge < -0.3 is 20.5 Å². The highest BCUT2D eigenvalue weighted by molar-refractivity contribution is 5.82. The first-order valence-corrected chi connectivity index (χ1v) is 12.6. The van der Waals surface area contributed by atoms with Gasteiger partial charge in [-0.05, 0) is 65.7 Å². The Labute approximate surface area is 205 Å². The third-order valence-corrected chi connectivity index (χ3v) is 7.79. The lowest BCUT2D eigenvalue weighted by atomic mass is 9.98. The molecule has 2 saturated carbocycles. The van der Waals surface area contributed by atoms with Gasteiger partial charge in [-0.2, -0.15) is 0 Å².